The molecule has 2 rings (SSSR count). The van der Waals surface area contributed by atoms with Crippen LogP contribution in [0.1, 0.15) is 58.7 Å². The van der Waals surface area contributed by atoms with E-state index in [0.717, 1.165) is 30.7 Å². The molecule has 9 heteroatoms. The molecule has 1 unspecified atom stereocenters. The Morgan fingerprint density at radius 2 is 1.93 bits per heavy atom. The highest BCUT2D eigenvalue weighted by molar-refractivity contribution is 7.18. The van der Waals surface area contributed by atoms with Crippen LogP contribution in [-0.2, 0) is 19.0 Å². The molecule has 8 nitrogen and oxygen atoms in total. The standard InChI is InChI=1S/C20H30N2O6S/c1-5-27-19(24)16-14(3)17(20(25)28-11-10-26-4)29-18(16)21-15(23)12-22-9-7-6-8-13(22)2/h13H,5-12H2,1-4H3,(H,21,23)/p+1/t13-/m1/s1. The molecule has 0 radical (unpaired) electrons. The molecule has 1 aliphatic rings. The van der Waals surface area contributed by atoms with Gasteiger partial charge >= 0.3 is 11.9 Å². The minimum Gasteiger partial charge on any atom is -0.462 e. The van der Waals surface area contributed by atoms with Crippen LogP contribution in [0, 0.1) is 6.92 Å². The first-order valence-electron chi connectivity index (χ1n) is 10.00. The minimum atomic E-state index is -0.564. The van der Waals surface area contributed by atoms with Crippen LogP contribution < -0.4 is 10.2 Å². The van der Waals surface area contributed by atoms with Gasteiger partial charge in [0.15, 0.2) is 6.54 Å². The number of anilines is 1. The van der Waals surface area contributed by atoms with E-state index in [1.54, 1.807) is 13.8 Å². The lowest BCUT2D eigenvalue weighted by molar-refractivity contribution is -0.920. The van der Waals surface area contributed by atoms with Gasteiger partial charge in [0, 0.05) is 7.11 Å². The summed E-state index contributed by atoms with van der Waals surface area (Å²) in [5.41, 5.74) is 0.662. The third kappa shape index (κ3) is 6.25. The summed E-state index contributed by atoms with van der Waals surface area (Å²) in [6.45, 7) is 7.39. The van der Waals surface area contributed by atoms with Crippen molar-refractivity contribution in [3.05, 3.63) is 16.0 Å². The van der Waals surface area contributed by atoms with Crippen LogP contribution in [0.3, 0.4) is 0 Å². The molecule has 1 saturated heterocycles. The predicted octanol–water partition coefficient (Wildman–Crippen LogP) is 1.43. The summed E-state index contributed by atoms with van der Waals surface area (Å²) in [6.07, 6.45) is 3.40. The molecule has 0 spiro atoms. The fraction of sp³-hybridized carbons (Fsp3) is 0.650. The average molecular weight is 428 g/mol. The molecule has 2 atom stereocenters. The second-order valence-corrected chi connectivity index (χ2v) is 8.16. The number of carbonyl (C=O) groups is 3. The van der Waals surface area contributed by atoms with Crippen molar-refractivity contribution < 1.29 is 33.5 Å². The monoisotopic (exact) mass is 427 g/mol. The first-order chi connectivity index (χ1) is 13.9. The fourth-order valence-corrected chi connectivity index (χ4v) is 4.53. The first-order valence-corrected chi connectivity index (χ1v) is 10.8. The van der Waals surface area contributed by atoms with Gasteiger partial charge in [-0.05, 0) is 45.6 Å². The normalized spacial score (nSPS) is 18.9. The maximum Gasteiger partial charge on any atom is 0.348 e. The van der Waals surface area contributed by atoms with Gasteiger partial charge in [0.25, 0.3) is 5.91 Å². The third-order valence-electron chi connectivity index (χ3n) is 5.05. The van der Waals surface area contributed by atoms with Crippen molar-refractivity contribution in [3.63, 3.8) is 0 Å². The van der Waals surface area contributed by atoms with E-state index in [-0.39, 0.29) is 36.2 Å². The van der Waals surface area contributed by atoms with Crippen molar-refractivity contribution in [2.45, 2.75) is 46.1 Å². The van der Waals surface area contributed by atoms with Crippen molar-refractivity contribution in [2.75, 3.05) is 45.3 Å². The summed E-state index contributed by atoms with van der Waals surface area (Å²) in [6, 6.07) is 0.426. The van der Waals surface area contributed by atoms with Crippen LogP contribution in [0.25, 0.3) is 0 Å². The van der Waals surface area contributed by atoms with Crippen LogP contribution >= 0.6 is 11.3 Å². The molecule has 1 aromatic rings. The second kappa shape index (κ2) is 11.3. The zero-order valence-electron chi connectivity index (χ0n) is 17.6. The van der Waals surface area contributed by atoms with Gasteiger partial charge in [-0.25, -0.2) is 9.59 Å². The maximum absolute atomic E-state index is 12.7. The molecular formula is C20H31N2O6S+. The number of esters is 2. The van der Waals surface area contributed by atoms with Gasteiger partial charge in [-0.3, -0.25) is 4.79 Å². The van der Waals surface area contributed by atoms with Gasteiger partial charge in [-0.2, -0.15) is 0 Å². The Bertz CT molecular complexity index is 733. The molecule has 1 fully saturated rings. The van der Waals surface area contributed by atoms with Crippen LogP contribution in [0.5, 0.6) is 0 Å². The smallest absolute Gasteiger partial charge is 0.348 e. The lowest BCUT2D eigenvalue weighted by atomic mass is 10.0. The van der Waals surface area contributed by atoms with Gasteiger partial charge in [-0.15, -0.1) is 11.3 Å². The molecule has 0 aromatic carbocycles. The number of ether oxygens (including phenoxy) is 3. The predicted molar refractivity (Wildman–Crippen MR) is 110 cm³/mol. The number of piperidine rings is 1. The lowest BCUT2D eigenvalue weighted by Crippen LogP contribution is -3.17. The van der Waals surface area contributed by atoms with Gasteiger partial charge in [0.2, 0.25) is 0 Å². The van der Waals surface area contributed by atoms with Gasteiger partial charge in [0.05, 0.1) is 31.4 Å². The highest BCUT2D eigenvalue weighted by Crippen LogP contribution is 2.34. The van der Waals surface area contributed by atoms with E-state index >= 15 is 0 Å². The van der Waals surface area contributed by atoms with Crippen molar-refractivity contribution in [1.82, 2.24) is 0 Å². The number of methoxy groups -OCH3 is 1. The number of quaternary nitrogens is 1. The Labute approximate surface area is 175 Å². The third-order valence-corrected chi connectivity index (χ3v) is 6.24. The molecule has 0 aliphatic carbocycles. The molecule has 29 heavy (non-hydrogen) atoms. The molecule has 1 aliphatic heterocycles. The van der Waals surface area contributed by atoms with Crippen LogP contribution in [-0.4, -0.2) is 63.9 Å². The number of carbonyl (C=O) groups excluding carboxylic acids is 3. The molecule has 2 heterocycles. The quantitative estimate of drug-likeness (QED) is 0.457. The topological polar surface area (TPSA) is 95.4 Å². The molecule has 0 saturated carbocycles. The van der Waals surface area contributed by atoms with E-state index in [2.05, 4.69) is 12.2 Å². The summed E-state index contributed by atoms with van der Waals surface area (Å²) in [5.74, 6) is -1.29. The van der Waals surface area contributed by atoms with E-state index in [1.165, 1.54) is 18.4 Å². The van der Waals surface area contributed by atoms with Crippen molar-refractivity contribution in [1.29, 1.82) is 0 Å². The number of hydrogen-bond acceptors (Lipinski definition) is 7. The Kier molecular flexibility index (Phi) is 9.06. The largest absolute Gasteiger partial charge is 0.462 e. The van der Waals surface area contributed by atoms with E-state index in [1.807, 2.05) is 0 Å². The Morgan fingerprint density at radius 1 is 1.17 bits per heavy atom. The summed E-state index contributed by atoms with van der Waals surface area (Å²) in [4.78, 5) is 39.0. The van der Waals surface area contributed by atoms with Crippen LogP contribution in [0.15, 0.2) is 0 Å². The number of likely N-dealkylation sites (tertiary alicyclic amines) is 1. The molecule has 1 amide bonds. The second-order valence-electron chi connectivity index (χ2n) is 7.14. The lowest BCUT2D eigenvalue weighted by Gasteiger charge is -2.29. The molecule has 0 bridgehead atoms. The summed E-state index contributed by atoms with van der Waals surface area (Å²) >= 11 is 1.04. The minimum absolute atomic E-state index is 0.110. The molecule has 1 aromatic heterocycles. The highest BCUT2D eigenvalue weighted by atomic mass is 32.1. The Hall–Kier alpha value is -1.97. The zero-order chi connectivity index (χ0) is 21.4. The van der Waals surface area contributed by atoms with Crippen molar-refractivity contribution in [2.24, 2.45) is 0 Å². The van der Waals surface area contributed by atoms with Crippen LogP contribution in [0.2, 0.25) is 0 Å². The van der Waals surface area contributed by atoms with Gasteiger partial charge < -0.3 is 24.4 Å². The van der Waals surface area contributed by atoms with Gasteiger partial charge in [0.1, 0.15) is 16.5 Å². The van der Waals surface area contributed by atoms with E-state index in [4.69, 9.17) is 14.2 Å². The summed E-state index contributed by atoms with van der Waals surface area (Å²) in [7, 11) is 1.52. The number of hydrogen-bond donors (Lipinski definition) is 2. The number of amides is 1. The van der Waals surface area contributed by atoms with Gasteiger partial charge in [-0.1, -0.05) is 0 Å². The Morgan fingerprint density at radius 3 is 2.59 bits per heavy atom. The van der Waals surface area contributed by atoms with E-state index in [9.17, 15) is 14.4 Å². The fourth-order valence-electron chi connectivity index (χ4n) is 3.42. The van der Waals surface area contributed by atoms with Crippen molar-refractivity contribution >= 4 is 34.2 Å². The van der Waals surface area contributed by atoms with Crippen LogP contribution in [0.4, 0.5) is 5.00 Å². The molecule has 2 N–H and O–H groups in total. The SMILES string of the molecule is CCOC(=O)c1c(NC(=O)C[NH+]2CCCC[C@H]2C)sc(C(=O)OCCOC)c1C. The highest BCUT2D eigenvalue weighted by Gasteiger charge is 2.29. The summed E-state index contributed by atoms with van der Waals surface area (Å²) < 4.78 is 15.2. The van der Waals surface area contributed by atoms with E-state index in [0.29, 0.717) is 23.2 Å². The Balaban J connectivity index is 2.19. The molecular weight excluding hydrogens is 396 g/mol. The first kappa shape index (κ1) is 23.3. The summed E-state index contributed by atoms with van der Waals surface area (Å²) in [5, 5.41) is 3.15. The van der Waals surface area contributed by atoms with Crippen molar-refractivity contribution in [3.8, 4) is 0 Å². The zero-order valence-corrected chi connectivity index (χ0v) is 18.4. The number of rotatable bonds is 9. The maximum atomic E-state index is 12.7. The average Bonchev–Trinajstić information content (AvgIpc) is 3.00. The molecule has 162 valence electrons. The number of nitrogens with one attached hydrogen (secondary N) is 2. The number of thiophene rings is 1. The van der Waals surface area contributed by atoms with E-state index < -0.39 is 11.9 Å².